The second kappa shape index (κ2) is 6.95. The molecular formula is C17H16Cl2N2S. The summed E-state index contributed by atoms with van der Waals surface area (Å²) >= 11 is 17.2. The Hall–Kier alpha value is -1.16. The number of nitrogens with one attached hydrogen (secondary N) is 1. The minimum atomic E-state index is -0.158. The van der Waals surface area contributed by atoms with Crippen LogP contribution in [0.2, 0.25) is 10.0 Å². The monoisotopic (exact) mass is 350 g/mol. The SMILES string of the molecule is SC(c1cc(Cl)ccc1Cl)c1ccccc1C1=NCCCN1. The smallest absolute Gasteiger partial charge is 0.128 e. The molecule has 0 fully saturated rings. The van der Waals surface area contributed by atoms with Crippen LogP contribution in [0.4, 0.5) is 0 Å². The summed E-state index contributed by atoms with van der Waals surface area (Å²) in [6, 6.07) is 13.6. The Morgan fingerprint density at radius 1 is 1.09 bits per heavy atom. The summed E-state index contributed by atoms with van der Waals surface area (Å²) in [5.74, 6) is 0.930. The molecule has 22 heavy (non-hydrogen) atoms. The highest BCUT2D eigenvalue weighted by atomic mass is 35.5. The first kappa shape index (κ1) is 15.7. The molecule has 1 aliphatic heterocycles. The Kier molecular flexibility index (Phi) is 4.97. The lowest BCUT2D eigenvalue weighted by molar-refractivity contribution is 0.741. The molecule has 0 aromatic heterocycles. The average Bonchev–Trinajstić information content (AvgIpc) is 2.57. The molecule has 1 aliphatic rings. The van der Waals surface area contributed by atoms with E-state index in [1.807, 2.05) is 18.2 Å². The molecule has 0 spiro atoms. The molecule has 0 aliphatic carbocycles. The normalized spacial score (nSPS) is 15.9. The lowest BCUT2D eigenvalue weighted by atomic mass is 9.98. The number of benzene rings is 2. The molecule has 114 valence electrons. The first-order valence-corrected chi connectivity index (χ1v) is 8.44. The van der Waals surface area contributed by atoms with Gasteiger partial charge in [0.2, 0.25) is 0 Å². The molecule has 0 saturated heterocycles. The molecule has 1 atom stereocenters. The Morgan fingerprint density at radius 2 is 1.91 bits per heavy atom. The number of hydrogen-bond donors (Lipinski definition) is 2. The molecule has 2 aromatic carbocycles. The van der Waals surface area contributed by atoms with Gasteiger partial charge in [-0.1, -0.05) is 47.5 Å². The van der Waals surface area contributed by atoms with Crippen molar-refractivity contribution >= 4 is 41.7 Å². The van der Waals surface area contributed by atoms with Crippen molar-refractivity contribution in [3.63, 3.8) is 0 Å². The fourth-order valence-electron chi connectivity index (χ4n) is 2.56. The van der Waals surface area contributed by atoms with Gasteiger partial charge in [-0.05, 0) is 35.7 Å². The van der Waals surface area contributed by atoms with Crippen LogP contribution in [-0.2, 0) is 0 Å². The summed E-state index contributed by atoms with van der Waals surface area (Å²) < 4.78 is 0. The van der Waals surface area contributed by atoms with Gasteiger partial charge in [-0.15, -0.1) is 0 Å². The summed E-state index contributed by atoms with van der Waals surface area (Å²) in [4.78, 5) is 4.59. The van der Waals surface area contributed by atoms with Crippen molar-refractivity contribution in [2.45, 2.75) is 11.7 Å². The molecule has 0 amide bonds. The van der Waals surface area contributed by atoms with Gasteiger partial charge in [0.05, 0.1) is 5.25 Å². The van der Waals surface area contributed by atoms with Crippen LogP contribution < -0.4 is 5.32 Å². The zero-order valence-corrected chi connectivity index (χ0v) is 14.3. The van der Waals surface area contributed by atoms with Crippen molar-refractivity contribution in [1.29, 1.82) is 0 Å². The predicted octanol–water partition coefficient (Wildman–Crippen LogP) is 4.75. The van der Waals surface area contributed by atoms with Gasteiger partial charge in [0.25, 0.3) is 0 Å². The highest BCUT2D eigenvalue weighted by Crippen LogP contribution is 2.36. The summed E-state index contributed by atoms with van der Waals surface area (Å²) in [5.41, 5.74) is 3.04. The number of thiol groups is 1. The molecule has 1 heterocycles. The first-order valence-electron chi connectivity index (χ1n) is 7.17. The maximum Gasteiger partial charge on any atom is 0.128 e. The van der Waals surface area contributed by atoms with E-state index in [2.05, 4.69) is 22.4 Å². The number of aliphatic imine (C=N–C) groups is 1. The van der Waals surface area contributed by atoms with Crippen LogP contribution >= 0.6 is 35.8 Å². The molecule has 2 nitrogen and oxygen atoms in total. The van der Waals surface area contributed by atoms with Crippen LogP contribution in [0.1, 0.15) is 28.4 Å². The largest absolute Gasteiger partial charge is 0.370 e. The molecule has 0 radical (unpaired) electrons. The number of nitrogens with zero attached hydrogens (tertiary/aromatic N) is 1. The lowest BCUT2D eigenvalue weighted by Crippen LogP contribution is -2.31. The van der Waals surface area contributed by atoms with Gasteiger partial charge in [-0.25, -0.2) is 0 Å². The van der Waals surface area contributed by atoms with Crippen molar-refractivity contribution < 1.29 is 0 Å². The van der Waals surface area contributed by atoms with E-state index >= 15 is 0 Å². The Labute approximate surface area is 146 Å². The van der Waals surface area contributed by atoms with Gasteiger partial charge in [0.1, 0.15) is 5.84 Å². The summed E-state index contributed by atoms with van der Waals surface area (Å²) in [6.45, 7) is 1.80. The summed E-state index contributed by atoms with van der Waals surface area (Å²) in [7, 11) is 0. The van der Waals surface area contributed by atoms with Crippen molar-refractivity contribution in [1.82, 2.24) is 5.32 Å². The maximum atomic E-state index is 6.33. The van der Waals surface area contributed by atoms with Crippen molar-refractivity contribution in [2.75, 3.05) is 13.1 Å². The fraction of sp³-hybridized carbons (Fsp3) is 0.235. The fourth-order valence-corrected chi connectivity index (χ4v) is 3.48. The van der Waals surface area contributed by atoms with Crippen LogP contribution in [0, 0.1) is 0 Å². The van der Waals surface area contributed by atoms with Gasteiger partial charge in [0, 0.05) is 28.7 Å². The van der Waals surface area contributed by atoms with Gasteiger partial charge < -0.3 is 5.32 Å². The quantitative estimate of drug-likeness (QED) is 0.766. The molecular weight excluding hydrogens is 335 g/mol. The second-order valence-electron chi connectivity index (χ2n) is 5.17. The third kappa shape index (κ3) is 3.27. The zero-order chi connectivity index (χ0) is 15.5. The standard InChI is InChI=1S/C17H16Cl2N2S/c18-11-6-7-15(19)14(10-11)16(22)12-4-1-2-5-13(12)17-20-8-3-9-21-17/h1-2,4-7,10,16,22H,3,8-9H2,(H,20,21). The third-order valence-electron chi connectivity index (χ3n) is 3.66. The summed E-state index contributed by atoms with van der Waals surface area (Å²) in [6.07, 6.45) is 1.07. The maximum absolute atomic E-state index is 6.33. The molecule has 1 N–H and O–H groups in total. The van der Waals surface area contributed by atoms with Crippen LogP contribution in [0.5, 0.6) is 0 Å². The van der Waals surface area contributed by atoms with Gasteiger partial charge in [0.15, 0.2) is 0 Å². The lowest BCUT2D eigenvalue weighted by Gasteiger charge is -2.21. The van der Waals surface area contributed by atoms with E-state index in [9.17, 15) is 0 Å². The second-order valence-corrected chi connectivity index (χ2v) is 6.53. The number of halogens is 2. The van der Waals surface area contributed by atoms with Crippen molar-refractivity contribution in [3.8, 4) is 0 Å². The Bertz CT molecular complexity index is 716. The van der Waals surface area contributed by atoms with E-state index in [1.54, 1.807) is 12.1 Å². The molecule has 0 bridgehead atoms. The van der Waals surface area contributed by atoms with Crippen LogP contribution in [0.25, 0.3) is 0 Å². The molecule has 3 rings (SSSR count). The minimum Gasteiger partial charge on any atom is -0.370 e. The Balaban J connectivity index is 2.04. The molecule has 5 heteroatoms. The highest BCUT2D eigenvalue weighted by Gasteiger charge is 2.19. The Morgan fingerprint density at radius 3 is 2.68 bits per heavy atom. The molecule has 0 saturated carbocycles. The predicted molar refractivity (Wildman–Crippen MR) is 97.8 cm³/mol. The topological polar surface area (TPSA) is 24.4 Å². The van der Waals surface area contributed by atoms with Gasteiger partial charge in [-0.2, -0.15) is 12.6 Å². The van der Waals surface area contributed by atoms with Gasteiger partial charge in [-0.3, -0.25) is 4.99 Å². The van der Waals surface area contributed by atoms with Crippen molar-refractivity contribution in [3.05, 3.63) is 69.2 Å². The van der Waals surface area contributed by atoms with E-state index in [0.717, 1.165) is 42.0 Å². The summed E-state index contributed by atoms with van der Waals surface area (Å²) in [5, 5.41) is 4.53. The van der Waals surface area contributed by atoms with E-state index in [1.165, 1.54) is 0 Å². The van der Waals surface area contributed by atoms with E-state index < -0.39 is 0 Å². The minimum absolute atomic E-state index is 0.158. The third-order valence-corrected chi connectivity index (χ3v) is 4.80. The molecule has 2 aromatic rings. The van der Waals surface area contributed by atoms with E-state index in [4.69, 9.17) is 35.8 Å². The van der Waals surface area contributed by atoms with E-state index in [0.29, 0.717) is 10.0 Å². The van der Waals surface area contributed by atoms with Crippen molar-refractivity contribution in [2.24, 2.45) is 4.99 Å². The number of rotatable bonds is 3. The number of hydrogen-bond acceptors (Lipinski definition) is 3. The zero-order valence-electron chi connectivity index (χ0n) is 11.9. The van der Waals surface area contributed by atoms with Crippen LogP contribution in [-0.4, -0.2) is 18.9 Å². The highest BCUT2D eigenvalue weighted by molar-refractivity contribution is 7.80. The van der Waals surface area contributed by atoms with Crippen LogP contribution in [0.3, 0.4) is 0 Å². The average molecular weight is 351 g/mol. The van der Waals surface area contributed by atoms with Gasteiger partial charge >= 0.3 is 0 Å². The number of amidine groups is 1. The molecule has 1 unspecified atom stereocenters. The van der Waals surface area contributed by atoms with E-state index in [-0.39, 0.29) is 5.25 Å². The van der Waals surface area contributed by atoms with Crippen LogP contribution in [0.15, 0.2) is 47.5 Å². The first-order chi connectivity index (χ1) is 10.7.